The van der Waals surface area contributed by atoms with Gasteiger partial charge in [-0.15, -0.1) is 0 Å². The van der Waals surface area contributed by atoms with Gasteiger partial charge in [-0.25, -0.2) is 17.9 Å². The summed E-state index contributed by atoms with van der Waals surface area (Å²) in [5.41, 5.74) is 0.0346. The third-order valence-corrected chi connectivity index (χ3v) is 5.77. The molecule has 0 aliphatic rings. The van der Waals surface area contributed by atoms with Crippen molar-refractivity contribution in [3.05, 3.63) is 52.8 Å². The Balaban J connectivity index is 2.11. The van der Waals surface area contributed by atoms with Crippen molar-refractivity contribution in [1.29, 1.82) is 0 Å². The molecule has 142 valence electrons. The van der Waals surface area contributed by atoms with Crippen LogP contribution in [-0.4, -0.2) is 34.6 Å². The van der Waals surface area contributed by atoms with E-state index in [1.165, 1.54) is 28.9 Å². The number of halogens is 1. The molecule has 0 spiro atoms. The van der Waals surface area contributed by atoms with Gasteiger partial charge < -0.3 is 4.74 Å². The van der Waals surface area contributed by atoms with Crippen molar-refractivity contribution in [3.63, 3.8) is 0 Å². The second kappa shape index (κ2) is 7.05. The van der Waals surface area contributed by atoms with Gasteiger partial charge in [0.15, 0.2) is 10.7 Å². The van der Waals surface area contributed by atoms with Crippen LogP contribution in [0.4, 0.5) is 0 Å². The highest BCUT2D eigenvalue weighted by atomic mass is 79.9. The van der Waals surface area contributed by atoms with Crippen LogP contribution in [0.5, 0.6) is 0 Å². The Kier molecular flexibility index (Phi) is 5.09. The largest absolute Gasteiger partial charge is 0.460 e. The van der Waals surface area contributed by atoms with Crippen LogP contribution >= 0.6 is 15.9 Å². The van der Waals surface area contributed by atoms with E-state index in [-0.39, 0.29) is 16.3 Å². The molecule has 0 aliphatic heterocycles. The molecule has 0 fully saturated rings. The fraction of sp³-hybridized carbons (Fsp3) is 0.278. The first kappa shape index (κ1) is 19.5. The first-order valence-corrected chi connectivity index (χ1v) is 10.4. The summed E-state index contributed by atoms with van der Waals surface area (Å²) in [4.78, 5) is 16.6. The zero-order chi connectivity index (χ0) is 19.8. The molecule has 0 aliphatic carbocycles. The van der Waals surface area contributed by atoms with E-state index >= 15 is 0 Å². The molecule has 3 rings (SSSR count). The third-order valence-electron chi connectivity index (χ3n) is 3.55. The Morgan fingerprint density at radius 3 is 2.52 bits per heavy atom. The summed E-state index contributed by atoms with van der Waals surface area (Å²) in [7, 11) is -3.84. The lowest BCUT2D eigenvalue weighted by atomic mass is 10.2. The first-order valence-electron chi connectivity index (χ1n) is 8.13. The van der Waals surface area contributed by atoms with Crippen molar-refractivity contribution in [2.45, 2.75) is 42.7 Å². The topological polar surface area (TPSA) is 90.6 Å². The van der Waals surface area contributed by atoms with Gasteiger partial charge in [0.1, 0.15) is 5.60 Å². The van der Waals surface area contributed by atoms with E-state index < -0.39 is 21.4 Å². The summed E-state index contributed by atoms with van der Waals surface area (Å²) in [6, 6.07) is 9.37. The van der Waals surface area contributed by atoms with Crippen LogP contribution in [0.2, 0.25) is 0 Å². The Morgan fingerprint density at radius 2 is 1.89 bits per heavy atom. The third kappa shape index (κ3) is 4.19. The van der Waals surface area contributed by atoms with Gasteiger partial charge >= 0.3 is 5.97 Å². The number of hydrogen-bond acceptors (Lipinski definition) is 6. The maximum atomic E-state index is 13.0. The van der Waals surface area contributed by atoms with Crippen molar-refractivity contribution in [2.75, 3.05) is 0 Å². The molecular formula is C18H18BrN3O4S. The van der Waals surface area contributed by atoms with Gasteiger partial charge in [-0.2, -0.15) is 5.10 Å². The van der Waals surface area contributed by atoms with Gasteiger partial charge in [-0.05, 0) is 54.9 Å². The van der Waals surface area contributed by atoms with Crippen molar-refractivity contribution < 1.29 is 17.9 Å². The highest BCUT2D eigenvalue weighted by Crippen LogP contribution is 2.24. The molecule has 9 heteroatoms. The number of nitrogens with zero attached hydrogens (tertiary/aromatic N) is 3. The van der Waals surface area contributed by atoms with Gasteiger partial charge in [0.2, 0.25) is 9.84 Å². The van der Waals surface area contributed by atoms with Crippen LogP contribution in [0, 0.1) is 0 Å². The molecule has 0 N–H and O–H groups in total. The number of esters is 1. The van der Waals surface area contributed by atoms with Crippen LogP contribution in [0.25, 0.3) is 5.65 Å². The first-order chi connectivity index (χ1) is 12.6. The molecule has 7 nitrogen and oxygen atoms in total. The normalized spacial score (nSPS) is 12.3. The maximum absolute atomic E-state index is 13.0. The molecule has 0 unspecified atom stereocenters. The molecule has 1 aromatic carbocycles. The lowest BCUT2D eigenvalue weighted by Gasteiger charge is -2.19. The zero-order valence-corrected chi connectivity index (χ0v) is 17.4. The monoisotopic (exact) mass is 451 g/mol. The molecule has 0 radical (unpaired) electrons. The number of aromatic nitrogens is 3. The van der Waals surface area contributed by atoms with Gasteiger partial charge in [-0.3, -0.25) is 4.79 Å². The van der Waals surface area contributed by atoms with Crippen LogP contribution in [0.3, 0.4) is 0 Å². The van der Waals surface area contributed by atoms with Gasteiger partial charge in [0, 0.05) is 0 Å². The smallest absolute Gasteiger partial charge is 0.312 e. The molecular weight excluding hydrogens is 434 g/mol. The number of fused-ring (bicyclic) bond motifs is 1. The zero-order valence-electron chi connectivity index (χ0n) is 15.0. The molecule has 3 aromatic rings. The summed E-state index contributed by atoms with van der Waals surface area (Å²) in [6.07, 6.45) is 1.36. The van der Waals surface area contributed by atoms with Gasteiger partial charge in [0.05, 0.1) is 27.7 Å². The van der Waals surface area contributed by atoms with Crippen LogP contribution < -0.4 is 0 Å². The van der Waals surface area contributed by atoms with Crippen molar-refractivity contribution in [3.8, 4) is 0 Å². The molecule has 0 atom stereocenters. The van der Waals surface area contributed by atoms with E-state index in [1.54, 1.807) is 39.0 Å². The van der Waals surface area contributed by atoms with Crippen LogP contribution in [0.1, 0.15) is 26.5 Å². The fourth-order valence-electron chi connectivity index (χ4n) is 2.48. The molecule has 0 bridgehead atoms. The van der Waals surface area contributed by atoms with Gasteiger partial charge in [-0.1, -0.05) is 18.2 Å². The van der Waals surface area contributed by atoms with Crippen LogP contribution in [0.15, 0.2) is 57.0 Å². The minimum atomic E-state index is -3.84. The Bertz CT molecular complexity index is 1100. The number of carbonyl (C=O) groups excluding carboxylic acids is 1. The summed E-state index contributed by atoms with van der Waals surface area (Å²) in [5.74, 6) is -0.482. The molecule has 0 amide bonds. The number of hydrogen-bond donors (Lipinski definition) is 0. The Hall–Kier alpha value is -2.26. The second-order valence-electron chi connectivity index (χ2n) is 6.89. The minimum Gasteiger partial charge on any atom is -0.460 e. The average molecular weight is 452 g/mol. The lowest BCUT2D eigenvalue weighted by molar-refractivity contribution is -0.154. The average Bonchev–Trinajstić information content (AvgIpc) is 2.95. The van der Waals surface area contributed by atoms with E-state index in [9.17, 15) is 13.2 Å². The van der Waals surface area contributed by atoms with Gasteiger partial charge in [0.25, 0.3) is 0 Å². The number of sulfone groups is 1. The van der Waals surface area contributed by atoms with E-state index in [4.69, 9.17) is 4.74 Å². The standard InChI is InChI=1S/C18H18BrN3O4S/c1-18(2,3)26-16(23)10-12-9-15(21-17-14(19)11-20-22(12)17)27(24,25)13-7-5-4-6-8-13/h4-9,11H,10H2,1-3H3. The van der Waals surface area contributed by atoms with E-state index in [1.807, 2.05) is 0 Å². The molecule has 2 heterocycles. The van der Waals surface area contributed by atoms with E-state index in [0.29, 0.717) is 15.8 Å². The van der Waals surface area contributed by atoms with Crippen molar-refractivity contribution >= 4 is 37.4 Å². The Morgan fingerprint density at radius 1 is 1.22 bits per heavy atom. The Labute approximate surface area is 165 Å². The number of benzene rings is 1. The van der Waals surface area contributed by atoms with E-state index in [2.05, 4.69) is 26.0 Å². The fourth-order valence-corrected chi connectivity index (χ4v) is 4.09. The SMILES string of the molecule is CC(C)(C)OC(=O)Cc1cc(S(=O)(=O)c2ccccc2)nc2c(Br)cnn12. The quantitative estimate of drug-likeness (QED) is 0.446. The number of rotatable bonds is 4. The summed E-state index contributed by atoms with van der Waals surface area (Å²) in [6.45, 7) is 5.30. The number of carbonyl (C=O) groups is 1. The molecule has 27 heavy (non-hydrogen) atoms. The summed E-state index contributed by atoms with van der Waals surface area (Å²) in [5, 5.41) is 4.02. The summed E-state index contributed by atoms with van der Waals surface area (Å²) >= 11 is 3.32. The summed E-state index contributed by atoms with van der Waals surface area (Å²) < 4.78 is 33.2. The minimum absolute atomic E-state index is 0.126. The predicted octanol–water partition coefficient (Wildman–Crippen LogP) is 3.21. The maximum Gasteiger partial charge on any atom is 0.312 e. The van der Waals surface area contributed by atoms with Crippen LogP contribution in [-0.2, 0) is 25.8 Å². The predicted molar refractivity (Wildman–Crippen MR) is 102 cm³/mol. The van der Waals surface area contributed by atoms with E-state index in [0.717, 1.165) is 0 Å². The second-order valence-corrected chi connectivity index (χ2v) is 9.64. The molecule has 0 saturated heterocycles. The molecule has 0 saturated carbocycles. The van der Waals surface area contributed by atoms with Crippen molar-refractivity contribution in [1.82, 2.24) is 14.6 Å². The van der Waals surface area contributed by atoms with Crippen molar-refractivity contribution in [2.24, 2.45) is 0 Å². The lowest BCUT2D eigenvalue weighted by Crippen LogP contribution is -2.25. The molecule has 2 aromatic heterocycles. The number of ether oxygens (including phenoxy) is 1. The highest BCUT2D eigenvalue weighted by Gasteiger charge is 2.24. The highest BCUT2D eigenvalue weighted by molar-refractivity contribution is 9.10.